The molecule has 0 aliphatic carbocycles. The zero-order valence-corrected chi connectivity index (χ0v) is 10.6. The van der Waals surface area contributed by atoms with Gasteiger partial charge >= 0.3 is 5.69 Å². The minimum absolute atomic E-state index is 0.0410. The van der Waals surface area contributed by atoms with E-state index in [2.05, 4.69) is 10.4 Å². The molecular weight excluding hydrogens is 222 g/mol. The van der Waals surface area contributed by atoms with Gasteiger partial charge in [0.25, 0.3) is 0 Å². The molecule has 3 N–H and O–H groups in total. The summed E-state index contributed by atoms with van der Waals surface area (Å²) >= 11 is 0. The molecule has 1 aromatic rings. The average molecular weight is 241 g/mol. The predicted molar refractivity (Wildman–Crippen MR) is 66.0 cm³/mol. The molecule has 96 valence electrons. The van der Waals surface area contributed by atoms with E-state index in [0.717, 1.165) is 0 Å². The standard InChI is InChI=1S/C10H19N5O2/c1-5-7-8(15(16)17)9(14(4)13-7)12-6-10(2,3)11/h12H,5-6,11H2,1-4H3. The molecule has 0 saturated carbocycles. The fourth-order valence-electron chi connectivity index (χ4n) is 1.51. The number of nitrogens with zero attached hydrogens (tertiary/aromatic N) is 3. The van der Waals surface area contributed by atoms with Crippen LogP contribution in [0.2, 0.25) is 0 Å². The number of hydrogen-bond donors (Lipinski definition) is 2. The molecule has 0 aromatic carbocycles. The highest BCUT2D eigenvalue weighted by molar-refractivity contribution is 5.60. The molecule has 0 aliphatic heterocycles. The van der Waals surface area contributed by atoms with Crippen molar-refractivity contribution in [3.63, 3.8) is 0 Å². The Morgan fingerprint density at radius 3 is 2.59 bits per heavy atom. The Bertz CT molecular complexity index is 419. The van der Waals surface area contributed by atoms with Gasteiger partial charge in [-0.3, -0.25) is 10.1 Å². The Kier molecular flexibility index (Phi) is 3.72. The van der Waals surface area contributed by atoms with E-state index in [9.17, 15) is 10.1 Å². The van der Waals surface area contributed by atoms with Gasteiger partial charge in [-0.15, -0.1) is 0 Å². The van der Waals surface area contributed by atoms with Crippen molar-refractivity contribution in [1.29, 1.82) is 0 Å². The maximum Gasteiger partial charge on any atom is 0.333 e. The van der Waals surface area contributed by atoms with Crippen LogP contribution in [-0.2, 0) is 13.5 Å². The molecule has 0 spiro atoms. The van der Waals surface area contributed by atoms with Crippen LogP contribution in [0.3, 0.4) is 0 Å². The minimum atomic E-state index is -0.440. The summed E-state index contributed by atoms with van der Waals surface area (Å²) < 4.78 is 1.49. The zero-order chi connectivity index (χ0) is 13.2. The molecule has 1 heterocycles. The normalized spacial score (nSPS) is 11.6. The second-order valence-electron chi connectivity index (χ2n) is 4.72. The molecule has 0 radical (unpaired) electrons. The third-order valence-electron chi connectivity index (χ3n) is 2.32. The fourth-order valence-corrected chi connectivity index (χ4v) is 1.51. The Morgan fingerprint density at radius 1 is 1.59 bits per heavy atom. The lowest BCUT2D eigenvalue weighted by Gasteiger charge is -2.19. The lowest BCUT2D eigenvalue weighted by Crippen LogP contribution is -2.40. The van der Waals surface area contributed by atoms with Gasteiger partial charge < -0.3 is 11.1 Å². The predicted octanol–water partition coefficient (Wildman–Crippen LogP) is 1.04. The first-order valence-electron chi connectivity index (χ1n) is 5.49. The van der Waals surface area contributed by atoms with Crippen LogP contribution in [-0.4, -0.2) is 26.8 Å². The van der Waals surface area contributed by atoms with Crippen molar-refractivity contribution in [2.75, 3.05) is 11.9 Å². The largest absolute Gasteiger partial charge is 0.363 e. The van der Waals surface area contributed by atoms with E-state index >= 15 is 0 Å². The van der Waals surface area contributed by atoms with Crippen molar-refractivity contribution >= 4 is 11.5 Å². The Balaban J connectivity index is 3.05. The number of rotatable bonds is 5. The van der Waals surface area contributed by atoms with Crippen LogP contribution < -0.4 is 11.1 Å². The molecule has 0 unspecified atom stereocenters. The van der Waals surface area contributed by atoms with Crippen LogP contribution >= 0.6 is 0 Å². The van der Waals surface area contributed by atoms with Gasteiger partial charge in [-0.25, -0.2) is 4.68 Å². The molecule has 0 atom stereocenters. The van der Waals surface area contributed by atoms with Crippen LogP contribution in [0.1, 0.15) is 26.5 Å². The van der Waals surface area contributed by atoms with Gasteiger partial charge in [-0.1, -0.05) is 6.92 Å². The van der Waals surface area contributed by atoms with Gasteiger partial charge in [-0.05, 0) is 20.3 Å². The van der Waals surface area contributed by atoms with Crippen LogP contribution in [0.5, 0.6) is 0 Å². The van der Waals surface area contributed by atoms with Crippen molar-refractivity contribution in [2.24, 2.45) is 12.8 Å². The van der Waals surface area contributed by atoms with Crippen LogP contribution in [0.25, 0.3) is 0 Å². The molecule has 7 nitrogen and oxygen atoms in total. The second-order valence-corrected chi connectivity index (χ2v) is 4.72. The van der Waals surface area contributed by atoms with E-state index < -0.39 is 10.5 Å². The van der Waals surface area contributed by atoms with Crippen molar-refractivity contribution < 1.29 is 4.92 Å². The Labute approximate surface area is 100 Å². The highest BCUT2D eigenvalue weighted by Crippen LogP contribution is 2.28. The van der Waals surface area contributed by atoms with Gasteiger partial charge in [0.15, 0.2) is 0 Å². The SMILES string of the molecule is CCc1nn(C)c(NCC(C)(C)N)c1[N+](=O)[O-]. The molecule has 0 amide bonds. The lowest BCUT2D eigenvalue weighted by atomic mass is 10.1. The summed E-state index contributed by atoms with van der Waals surface area (Å²) in [7, 11) is 1.68. The third-order valence-corrected chi connectivity index (χ3v) is 2.32. The number of nitrogens with two attached hydrogens (primary N) is 1. The summed E-state index contributed by atoms with van der Waals surface area (Å²) in [6.45, 7) is 5.98. The van der Waals surface area contributed by atoms with Crippen LogP contribution in [0.4, 0.5) is 11.5 Å². The summed E-state index contributed by atoms with van der Waals surface area (Å²) in [5.74, 6) is 0.408. The first-order valence-corrected chi connectivity index (χ1v) is 5.49. The van der Waals surface area contributed by atoms with E-state index in [0.29, 0.717) is 24.5 Å². The fraction of sp³-hybridized carbons (Fsp3) is 0.700. The van der Waals surface area contributed by atoms with Crippen molar-refractivity contribution in [3.8, 4) is 0 Å². The Hall–Kier alpha value is -1.63. The molecule has 1 aromatic heterocycles. The highest BCUT2D eigenvalue weighted by Gasteiger charge is 2.26. The van der Waals surface area contributed by atoms with E-state index in [1.807, 2.05) is 20.8 Å². The molecule has 17 heavy (non-hydrogen) atoms. The number of aryl methyl sites for hydroxylation is 2. The lowest BCUT2D eigenvalue weighted by molar-refractivity contribution is -0.384. The highest BCUT2D eigenvalue weighted by atomic mass is 16.6. The van der Waals surface area contributed by atoms with Crippen molar-refractivity contribution in [2.45, 2.75) is 32.7 Å². The van der Waals surface area contributed by atoms with Crippen molar-refractivity contribution in [1.82, 2.24) is 9.78 Å². The van der Waals surface area contributed by atoms with E-state index in [4.69, 9.17) is 5.73 Å². The number of nitro groups is 1. The Morgan fingerprint density at radius 2 is 2.18 bits per heavy atom. The molecule has 0 aliphatic rings. The number of nitrogens with one attached hydrogen (secondary N) is 1. The summed E-state index contributed by atoms with van der Waals surface area (Å²) in [6, 6.07) is 0. The number of hydrogen-bond acceptors (Lipinski definition) is 5. The topological polar surface area (TPSA) is 99.0 Å². The summed E-state index contributed by atoms with van der Waals surface area (Å²) in [5.41, 5.74) is 5.92. The van der Waals surface area contributed by atoms with Gasteiger partial charge in [0.05, 0.1) is 4.92 Å². The molecule has 0 fully saturated rings. The first kappa shape index (κ1) is 13.4. The van der Waals surface area contributed by atoms with E-state index in [-0.39, 0.29) is 5.69 Å². The van der Waals surface area contributed by atoms with Gasteiger partial charge in [0, 0.05) is 19.1 Å². The maximum absolute atomic E-state index is 11.0. The van der Waals surface area contributed by atoms with Gasteiger partial charge in [0.2, 0.25) is 5.82 Å². The molecule has 0 bridgehead atoms. The summed E-state index contributed by atoms with van der Waals surface area (Å²) in [4.78, 5) is 10.6. The van der Waals surface area contributed by atoms with Gasteiger partial charge in [0.1, 0.15) is 5.69 Å². The molecule has 1 rings (SSSR count). The maximum atomic E-state index is 11.0. The molecular formula is C10H19N5O2. The average Bonchev–Trinajstić information content (AvgIpc) is 2.50. The summed E-state index contributed by atoms with van der Waals surface area (Å²) in [6.07, 6.45) is 0.526. The van der Waals surface area contributed by atoms with Crippen molar-refractivity contribution in [3.05, 3.63) is 15.8 Å². The quantitative estimate of drug-likeness (QED) is 0.592. The third kappa shape index (κ3) is 3.16. The smallest absolute Gasteiger partial charge is 0.333 e. The first-order chi connectivity index (χ1) is 7.76. The van der Waals surface area contributed by atoms with Crippen LogP contribution in [0, 0.1) is 10.1 Å². The molecule has 7 heteroatoms. The van der Waals surface area contributed by atoms with E-state index in [1.165, 1.54) is 4.68 Å². The second kappa shape index (κ2) is 4.70. The van der Waals surface area contributed by atoms with E-state index in [1.54, 1.807) is 7.05 Å². The monoisotopic (exact) mass is 241 g/mol. The summed E-state index contributed by atoms with van der Waals surface area (Å²) in [5, 5.41) is 18.1. The number of anilines is 1. The number of aromatic nitrogens is 2. The van der Waals surface area contributed by atoms with Gasteiger partial charge in [-0.2, -0.15) is 5.10 Å². The van der Waals surface area contributed by atoms with Crippen LogP contribution in [0.15, 0.2) is 0 Å². The minimum Gasteiger partial charge on any atom is -0.363 e. The molecule has 0 saturated heterocycles. The zero-order valence-electron chi connectivity index (χ0n) is 10.6.